The number of aliphatic hydroxyl groups is 1. The highest BCUT2D eigenvalue weighted by molar-refractivity contribution is 6.42. The van der Waals surface area contributed by atoms with E-state index in [0.29, 0.717) is 6.40 Å². The fraction of sp³-hybridized carbons (Fsp3) is 0.667. The zero-order valence-corrected chi connectivity index (χ0v) is 9.32. The van der Waals surface area contributed by atoms with E-state index in [0.717, 1.165) is 0 Å². The molecule has 1 atom stereocenters. The fourth-order valence-electron chi connectivity index (χ4n) is 0.785. The van der Waals surface area contributed by atoms with Crippen molar-refractivity contribution in [2.75, 3.05) is 13.2 Å². The van der Waals surface area contributed by atoms with Crippen LogP contribution >= 0.6 is 0 Å². The molecule has 0 aliphatic carbocycles. The van der Waals surface area contributed by atoms with E-state index in [2.05, 4.69) is 14.1 Å². The highest BCUT2D eigenvalue weighted by Crippen LogP contribution is 2.17. The lowest BCUT2D eigenvalue weighted by atomic mass is 10.2. The Labute approximate surface area is 95.6 Å². The number of halogens is 3. The van der Waals surface area contributed by atoms with Crippen LogP contribution in [0.3, 0.4) is 0 Å². The molecule has 1 unspecified atom stereocenters. The maximum absolute atomic E-state index is 12.2. The highest BCUT2D eigenvalue weighted by Gasteiger charge is 2.50. The SMILES string of the molecule is CCOC=[N+]=C(C(=O)C(F)(F)F)C(O)OCC. The smallest absolute Gasteiger partial charge is 0.438 e. The molecule has 8 heteroatoms. The molecule has 0 heterocycles. The summed E-state index contributed by atoms with van der Waals surface area (Å²) in [4.78, 5) is 10.9. The summed E-state index contributed by atoms with van der Waals surface area (Å²) >= 11 is 0. The number of Topliss-reactive ketones (excluding diaryl/α,β-unsaturated/α-hetero) is 1. The number of carbonyl (C=O) groups excluding carboxylic acids is 1. The number of nitrogens with zero attached hydrogens (tertiary/aromatic N) is 1. The largest absolute Gasteiger partial charge is 0.462 e. The summed E-state index contributed by atoms with van der Waals surface area (Å²) < 4.78 is 48.6. The van der Waals surface area contributed by atoms with Crippen LogP contribution < -0.4 is 4.67 Å². The molecule has 0 aromatic carbocycles. The standard InChI is InChI=1S/C9H13F3NO4/c1-3-16-5-13-6(8(15)17-4-2)7(14)9(10,11)12/h5,8,15H,3-4H2,1-2H3/q+1. The normalized spacial score (nSPS) is 12.6. The molecule has 98 valence electrons. The lowest BCUT2D eigenvalue weighted by Gasteiger charge is -2.06. The van der Waals surface area contributed by atoms with Crippen molar-refractivity contribution in [1.29, 1.82) is 0 Å². The molecule has 0 fully saturated rings. The van der Waals surface area contributed by atoms with E-state index < -0.39 is 24.0 Å². The van der Waals surface area contributed by atoms with Gasteiger partial charge in [-0.1, -0.05) is 0 Å². The molecule has 0 radical (unpaired) electrons. The third-order valence-corrected chi connectivity index (χ3v) is 1.48. The van der Waals surface area contributed by atoms with Gasteiger partial charge < -0.3 is 14.6 Å². The van der Waals surface area contributed by atoms with Gasteiger partial charge in [0.25, 0.3) is 6.29 Å². The van der Waals surface area contributed by atoms with E-state index in [9.17, 15) is 23.1 Å². The van der Waals surface area contributed by atoms with Crippen LogP contribution in [0.5, 0.6) is 0 Å². The molecule has 0 aromatic rings. The second-order valence-corrected chi connectivity index (χ2v) is 2.71. The summed E-state index contributed by atoms with van der Waals surface area (Å²) in [6, 6.07) is 0. The van der Waals surface area contributed by atoms with Crippen LogP contribution in [0.15, 0.2) is 0 Å². The van der Waals surface area contributed by atoms with E-state index >= 15 is 0 Å². The van der Waals surface area contributed by atoms with Gasteiger partial charge in [0, 0.05) is 6.61 Å². The van der Waals surface area contributed by atoms with Crippen LogP contribution in [0.4, 0.5) is 13.2 Å². The number of ether oxygens (including phenoxy) is 2. The third kappa shape index (κ3) is 5.48. The zero-order valence-electron chi connectivity index (χ0n) is 9.32. The van der Waals surface area contributed by atoms with E-state index in [4.69, 9.17) is 0 Å². The van der Waals surface area contributed by atoms with Gasteiger partial charge in [0.2, 0.25) is 0 Å². The van der Waals surface area contributed by atoms with Crippen LogP contribution in [-0.4, -0.2) is 48.7 Å². The lowest BCUT2D eigenvalue weighted by Crippen LogP contribution is -2.41. The lowest BCUT2D eigenvalue weighted by molar-refractivity contribution is -0.165. The zero-order chi connectivity index (χ0) is 13.5. The minimum Gasteiger partial charge on any atom is -0.438 e. The molecular formula is C9H13F3NO4+. The van der Waals surface area contributed by atoms with Crippen molar-refractivity contribution < 1.29 is 32.5 Å². The number of alkyl halides is 3. The predicted octanol–water partition coefficient (Wildman–Crippen LogP) is 0.0457. The van der Waals surface area contributed by atoms with Gasteiger partial charge >= 0.3 is 24.1 Å². The average Bonchev–Trinajstić information content (AvgIpc) is 2.22. The Kier molecular flexibility index (Phi) is 6.48. The van der Waals surface area contributed by atoms with Crippen molar-refractivity contribution in [3.05, 3.63) is 0 Å². The first-order chi connectivity index (χ1) is 7.84. The number of hydrogen-bond acceptors (Lipinski definition) is 4. The molecule has 0 saturated carbocycles. The third-order valence-electron chi connectivity index (χ3n) is 1.48. The fourth-order valence-corrected chi connectivity index (χ4v) is 0.785. The van der Waals surface area contributed by atoms with Gasteiger partial charge in [0.15, 0.2) is 0 Å². The predicted molar refractivity (Wildman–Crippen MR) is 53.5 cm³/mol. The van der Waals surface area contributed by atoms with E-state index in [-0.39, 0.29) is 13.2 Å². The molecule has 5 nitrogen and oxygen atoms in total. The molecular weight excluding hydrogens is 243 g/mol. The maximum atomic E-state index is 12.2. The van der Waals surface area contributed by atoms with Crippen molar-refractivity contribution in [3.8, 4) is 0 Å². The first-order valence-corrected chi connectivity index (χ1v) is 4.76. The average molecular weight is 256 g/mol. The molecule has 0 spiro atoms. The number of hydrogen-bond donors (Lipinski definition) is 1. The molecule has 0 aliphatic heterocycles. The van der Waals surface area contributed by atoms with Gasteiger partial charge in [-0.2, -0.15) is 13.2 Å². The molecule has 0 amide bonds. The number of carbonyl (C=O) groups is 1. The minimum absolute atomic E-state index is 0.0695. The van der Waals surface area contributed by atoms with Crippen molar-refractivity contribution in [2.45, 2.75) is 26.3 Å². The second kappa shape index (κ2) is 7.05. The number of aliphatic hydroxyl groups excluding tert-OH is 1. The van der Waals surface area contributed by atoms with E-state index in [1.165, 1.54) is 6.92 Å². The Balaban J connectivity index is 5.12. The second-order valence-electron chi connectivity index (χ2n) is 2.71. The molecule has 0 aliphatic rings. The molecule has 0 bridgehead atoms. The summed E-state index contributed by atoms with van der Waals surface area (Å²) in [5.74, 6) is -2.27. The van der Waals surface area contributed by atoms with Crippen LogP contribution in [0.2, 0.25) is 0 Å². The van der Waals surface area contributed by atoms with Crippen LogP contribution in [0, 0.1) is 0 Å². The molecule has 0 saturated heterocycles. The molecule has 0 rings (SSSR count). The molecule has 17 heavy (non-hydrogen) atoms. The Morgan fingerprint density at radius 3 is 2.41 bits per heavy atom. The summed E-state index contributed by atoms with van der Waals surface area (Å²) in [5.41, 5.74) is -1.16. The van der Waals surface area contributed by atoms with Gasteiger partial charge in [0.1, 0.15) is 0 Å². The number of ketones is 1. The molecule has 1 N–H and O–H groups in total. The van der Waals surface area contributed by atoms with Crippen LogP contribution in [-0.2, 0) is 14.3 Å². The maximum Gasteiger partial charge on any atom is 0.462 e. The molecule has 0 aromatic heterocycles. The first-order valence-electron chi connectivity index (χ1n) is 4.76. The van der Waals surface area contributed by atoms with Crippen molar-refractivity contribution in [3.63, 3.8) is 0 Å². The Morgan fingerprint density at radius 2 is 2.00 bits per heavy atom. The number of rotatable bonds is 6. The monoisotopic (exact) mass is 256 g/mol. The van der Waals surface area contributed by atoms with Crippen LogP contribution in [0.1, 0.15) is 13.8 Å². The highest BCUT2D eigenvalue weighted by atomic mass is 19.4. The van der Waals surface area contributed by atoms with Gasteiger partial charge in [0.05, 0.1) is 6.61 Å². The topological polar surface area (TPSA) is 69.9 Å². The summed E-state index contributed by atoms with van der Waals surface area (Å²) in [5, 5.41) is 9.19. The van der Waals surface area contributed by atoms with Crippen LogP contribution in [0.25, 0.3) is 0 Å². The Morgan fingerprint density at radius 1 is 1.41 bits per heavy atom. The van der Waals surface area contributed by atoms with E-state index in [1.54, 1.807) is 6.92 Å². The van der Waals surface area contributed by atoms with Gasteiger partial charge in [-0.3, -0.25) is 4.79 Å². The van der Waals surface area contributed by atoms with Gasteiger partial charge in [-0.05, 0) is 18.5 Å². The minimum atomic E-state index is -5.13. The van der Waals surface area contributed by atoms with Gasteiger partial charge in [-0.15, -0.1) is 0 Å². The quantitative estimate of drug-likeness (QED) is 0.315. The Hall–Kier alpha value is -1.37. The van der Waals surface area contributed by atoms with Crippen molar-refractivity contribution >= 4 is 17.9 Å². The van der Waals surface area contributed by atoms with Gasteiger partial charge in [-0.25, -0.2) is 0 Å². The summed E-state index contributed by atoms with van der Waals surface area (Å²) in [6.45, 7) is 3.13. The van der Waals surface area contributed by atoms with Crippen molar-refractivity contribution in [2.24, 2.45) is 0 Å². The summed E-state index contributed by atoms with van der Waals surface area (Å²) in [6.07, 6.45) is -6.51. The first kappa shape index (κ1) is 15.6. The summed E-state index contributed by atoms with van der Waals surface area (Å²) in [7, 11) is 0. The van der Waals surface area contributed by atoms with E-state index in [1.807, 2.05) is 0 Å². The Bertz CT molecular complexity index is 321. The van der Waals surface area contributed by atoms with Crippen molar-refractivity contribution in [1.82, 2.24) is 4.67 Å².